The van der Waals surface area contributed by atoms with Crippen molar-refractivity contribution in [3.8, 4) is 0 Å². The third-order valence-electron chi connectivity index (χ3n) is 7.22. The van der Waals surface area contributed by atoms with Gasteiger partial charge in [0.15, 0.2) is 6.10 Å². The van der Waals surface area contributed by atoms with Crippen LogP contribution >= 0.6 is 0 Å². The lowest BCUT2D eigenvalue weighted by molar-refractivity contribution is -0.120. The van der Waals surface area contributed by atoms with E-state index in [1.54, 1.807) is 45.1 Å². The molecule has 0 aromatic rings. The maximum atomic E-state index is 13.5. The van der Waals surface area contributed by atoms with E-state index in [4.69, 9.17) is 19.9 Å². The lowest BCUT2D eigenvalue weighted by Gasteiger charge is -2.30. The van der Waals surface area contributed by atoms with Gasteiger partial charge in [-0.05, 0) is 38.2 Å². The molecule has 6 atom stereocenters. The van der Waals surface area contributed by atoms with Crippen LogP contribution in [-0.2, 0) is 28.6 Å². The Morgan fingerprint density at radius 2 is 1.90 bits per heavy atom. The van der Waals surface area contributed by atoms with Gasteiger partial charge in [0.05, 0.1) is 23.6 Å². The van der Waals surface area contributed by atoms with Gasteiger partial charge in [-0.3, -0.25) is 14.4 Å². The summed E-state index contributed by atoms with van der Waals surface area (Å²) in [4.78, 5) is 51.3. The van der Waals surface area contributed by atoms with Crippen molar-refractivity contribution in [1.82, 2.24) is 10.6 Å². The predicted molar refractivity (Wildman–Crippen MR) is 158 cm³/mol. The minimum atomic E-state index is -1.00. The molecule has 42 heavy (non-hydrogen) atoms. The van der Waals surface area contributed by atoms with Crippen molar-refractivity contribution in [2.75, 3.05) is 20.8 Å². The van der Waals surface area contributed by atoms with Crippen LogP contribution in [0.1, 0.15) is 40.5 Å². The minimum Gasteiger partial charge on any atom is -0.439 e. The SMILES string of the molecule is C=CCNC1=C2C[C@@H](C)C[C@H](OC)[C@H](O)[C@@H](C)/C=C(\C)[C@@H](OC(N)=O)[C@H](OC)/C=C\C=C(/C)C(=O)NC(=CC1=O)C2=O. The average molecular weight is 586 g/mol. The summed E-state index contributed by atoms with van der Waals surface area (Å²) < 4.78 is 16.6. The Morgan fingerprint density at radius 1 is 1.21 bits per heavy atom. The van der Waals surface area contributed by atoms with Crippen molar-refractivity contribution in [2.24, 2.45) is 17.6 Å². The normalized spacial score (nSPS) is 31.6. The van der Waals surface area contributed by atoms with Gasteiger partial charge in [-0.25, -0.2) is 4.79 Å². The summed E-state index contributed by atoms with van der Waals surface area (Å²) in [7, 11) is 2.92. The molecule has 0 saturated heterocycles. The summed E-state index contributed by atoms with van der Waals surface area (Å²) in [6.45, 7) is 10.9. The molecule has 2 bridgehead atoms. The van der Waals surface area contributed by atoms with Crippen molar-refractivity contribution in [1.29, 1.82) is 0 Å². The highest BCUT2D eigenvalue weighted by Gasteiger charge is 2.33. The number of ketones is 2. The molecule has 2 rings (SSSR count). The number of nitrogens with two attached hydrogens (primary N) is 1. The second-order valence-corrected chi connectivity index (χ2v) is 10.6. The number of allylic oxidation sites excluding steroid dienone is 4. The number of methoxy groups -OCH3 is 2. The van der Waals surface area contributed by atoms with Crippen LogP contribution in [0.5, 0.6) is 0 Å². The number of hydrogen-bond acceptors (Lipinski definition) is 9. The van der Waals surface area contributed by atoms with Gasteiger partial charge < -0.3 is 35.7 Å². The maximum Gasteiger partial charge on any atom is 0.405 e. The smallest absolute Gasteiger partial charge is 0.405 e. The number of aliphatic hydroxyl groups excluding tert-OH is 1. The van der Waals surface area contributed by atoms with E-state index in [-0.39, 0.29) is 41.4 Å². The summed E-state index contributed by atoms with van der Waals surface area (Å²) in [5, 5.41) is 16.7. The molecular formula is C31H43N3O8. The van der Waals surface area contributed by atoms with Crippen LogP contribution in [0.2, 0.25) is 0 Å². The highest BCUT2D eigenvalue weighted by Crippen LogP contribution is 2.28. The van der Waals surface area contributed by atoms with E-state index >= 15 is 0 Å². The summed E-state index contributed by atoms with van der Waals surface area (Å²) >= 11 is 0. The van der Waals surface area contributed by atoms with Gasteiger partial charge in [-0.2, -0.15) is 0 Å². The Balaban J connectivity index is 2.62. The molecule has 2 amide bonds. The lowest BCUT2D eigenvalue weighted by Crippen LogP contribution is -2.37. The number of aliphatic hydroxyl groups is 1. The highest BCUT2D eigenvalue weighted by molar-refractivity contribution is 6.23. The highest BCUT2D eigenvalue weighted by atomic mass is 16.6. The zero-order valence-corrected chi connectivity index (χ0v) is 25.1. The van der Waals surface area contributed by atoms with Crippen LogP contribution in [0.15, 0.2) is 71.1 Å². The Hall–Kier alpha value is -3.80. The Morgan fingerprint density at radius 3 is 2.50 bits per heavy atom. The number of rotatable bonds is 6. The molecular weight excluding hydrogens is 542 g/mol. The van der Waals surface area contributed by atoms with Crippen LogP contribution < -0.4 is 16.4 Å². The molecule has 230 valence electrons. The van der Waals surface area contributed by atoms with Gasteiger partial charge >= 0.3 is 6.09 Å². The molecule has 0 spiro atoms. The molecule has 0 radical (unpaired) electrons. The molecule has 5 N–H and O–H groups in total. The van der Waals surface area contributed by atoms with E-state index in [1.165, 1.54) is 20.3 Å². The number of hydrogen-bond donors (Lipinski definition) is 4. The second-order valence-electron chi connectivity index (χ2n) is 10.6. The fourth-order valence-corrected chi connectivity index (χ4v) is 4.95. The minimum absolute atomic E-state index is 0.132. The number of carbonyl (C=O) groups excluding carboxylic acids is 4. The number of primary amides is 1. The average Bonchev–Trinajstić information content (AvgIpc) is 2.94. The topological polar surface area (TPSA) is 166 Å². The first-order chi connectivity index (χ1) is 19.8. The van der Waals surface area contributed by atoms with Gasteiger partial charge in [0.25, 0.3) is 5.91 Å². The molecule has 11 nitrogen and oxygen atoms in total. The van der Waals surface area contributed by atoms with Crippen LogP contribution in [0, 0.1) is 11.8 Å². The molecule has 0 aromatic carbocycles. The van der Waals surface area contributed by atoms with Crippen LogP contribution in [-0.4, -0.2) is 73.9 Å². The third kappa shape index (κ3) is 9.10. The predicted octanol–water partition coefficient (Wildman–Crippen LogP) is 2.54. The largest absolute Gasteiger partial charge is 0.439 e. The van der Waals surface area contributed by atoms with Crippen molar-refractivity contribution in [3.05, 3.63) is 71.1 Å². The number of fused-ring (bicyclic) bond motifs is 2. The second kappa shape index (κ2) is 16.0. The van der Waals surface area contributed by atoms with Crippen molar-refractivity contribution in [3.63, 3.8) is 0 Å². The quantitative estimate of drug-likeness (QED) is 0.271. The van der Waals surface area contributed by atoms with E-state index in [1.807, 2.05) is 6.92 Å². The van der Waals surface area contributed by atoms with Gasteiger partial charge in [0.1, 0.15) is 6.10 Å². The van der Waals surface area contributed by atoms with Gasteiger partial charge in [-0.1, -0.05) is 44.2 Å². The molecule has 11 heteroatoms. The monoisotopic (exact) mass is 585 g/mol. The van der Waals surface area contributed by atoms with Crippen LogP contribution in [0.25, 0.3) is 0 Å². The Bertz CT molecular complexity index is 1210. The number of Topliss-reactive ketones (excluding diaryl/α,β-unsaturated/α-hetero) is 1. The molecule has 1 aliphatic heterocycles. The number of ether oxygens (including phenoxy) is 3. The summed E-state index contributed by atoms with van der Waals surface area (Å²) in [5.74, 6) is -2.14. The van der Waals surface area contributed by atoms with E-state index in [0.29, 0.717) is 12.0 Å². The zero-order chi connectivity index (χ0) is 31.6. The fraction of sp³-hybridized carbons (Fsp3) is 0.484. The number of carbonyl (C=O) groups is 4. The number of nitrogens with one attached hydrogen (secondary N) is 2. The van der Waals surface area contributed by atoms with Gasteiger partial charge in [-0.15, -0.1) is 6.58 Å². The van der Waals surface area contributed by atoms with Crippen LogP contribution in [0.3, 0.4) is 0 Å². The summed E-state index contributed by atoms with van der Waals surface area (Å²) in [5.41, 5.74) is 6.42. The van der Waals surface area contributed by atoms with E-state index in [2.05, 4.69) is 17.2 Å². The molecule has 0 fully saturated rings. The molecule has 1 heterocycles. The molecule has 0 aromatic heterocycles. The number of amides is 2. The van der Waals surface area contributed by atoms with Crippen molar-refractivity contribution < 1.29 is 38.5 Å². The van der Waals surface area contributed by atoms with E-state index in [9.17, 15) is 24.3 Å². The molecule has 0 unspecified atom stereocenters. The molecule has 2 aliphatic rings. The first kappa shape index (κ1) is 34.4. The lowest BCUT2D eigenvalue weighted by atomic mass is 9.85. The standard InChI is InChI=1S/C31H43N3O8/c1-8-12-33-26-21-13-17(2)14-25(41-7)27(36)19(4)15-20(5)29(42-31(32)39)24(40-6)11-9-10-18(3)30(38)34-22(28(21)37)16-23(26)35/h8-11,15-17,19,24-25,27,29,33,36H,1,12-14H2,2-7H3,(H2,32,39)(H,34,38)/b11-9-,18-10+,20-15+/t17-,19+,24-,25+,27-,29-/m1/s1. The first-order valence-electron chi connectivity index (χ1n) is 13.8. The Labute approximate surface area is 247 Å². The molecule has 0 saturated carbocycles. The maximum absolute atomic E-state index is 13.5. The molecule has 1 aliphatic carbocycles. The van der Waals surface area contributed by atoms with Gasteiger partial charge in [0, 0.05) is 43.9 Å². The summed E-state index contributed by atoms with van der Waals surface area (Å²) in [6, 6.07) is 0. The zero-order valence-electron chi connectivity index (χ0n) is 25.1. The summed E-state index contributed by atoms with van der Waals surface area (Å²) in [6.07, 6.45) is 5.34. The van der Waals surface area contributed by atoms with Gasteiger partial charge in [0.2, 0.25) is 11.6 Å². The van der Waals surface area contributed by atoms with E-state index < -0.39 is 53.9 Å². The van der Waals surface area contributed by atoms with Crippen LogP contribution in [0.4, 0.5) is 4.79 Å². The Kier molecular flexibility index (Phi) is 13.1. The third-order valence-corrected chi connectivity index (χ3v) is 7.22. The fourth-order valence-electron chi connectivity index (χ4n) is 4.95. The van der Waals surface area contributed by atoms with Crippen molar-refractivity contribution in [2.45, 2.75) is 65.0 Å². The van der Waals surface area contributed by atoms with E-state index in [0.717, 1.165) is 6.08 Å². The van der Waals surface area contributed by atoms with Crippen molar-refractivity contribution >= 4 is 23.6 Å². The first-order valence-corrected chi connectivity index (χ1v) is 13.8.